The van der Waals surface area contributed by atoms with Crippen LogP contribution < -0.4 is 0 Å². The summed E-state index contributed by atoms with van der Waals surface area (Å²) in [6, 6.07) is 4.62. The number of amides is 1. The summed E-state index contributed by atoms with van der Waals surface area (Å²) in [5.41, 5.74) is 2.56. The Kier molecular flexibility index (Phi) is 3.21. The molecule has 3 aromatic rings. The van der Waals surface area contributed by atoms with Crippen LogP contribution in [0.1, 0.15) is 0 Å². The first kappa shape index (κ1) is 13.4. The van der Waals surface area contributed by atoms with Crippen molar-refractivity contribution in [3.63, 3.8) is 0 Å². The predicted octanol–water partition coefficient (Wildman–Crippen LogP) is 2.26. The lowest BCUT2D eigenvalue weighted by Gasteiger charge is -2.09. The van der Waals surface area contributed by atoms with Crippen LogP contribution >= 0.6 is 0 Å². The van der Waals surface area contributed by atoms with Gasteiger partial charge in [-0.15, -0.1) is 0 Å². The second kappa shape index (κ2) is 5.05. The molecule has 3 rings (SSSR count). The molecule has 5 nitrogen and oxygen atoms in total. The first-order valence-corrected chi connectivity index (χ1v) is 6.54. The summed E-state index contributed by atoms with van der Waals surface area (Å²) in [5.74, 6) is -0.297. The third kappa shape index (κ3) is 2.52. The second-order valence-electron chi connectivity index (χ2n) is 5.11. The highest BCUT2D eigenvalue weighted by atomic mass is 19.1. The summed E-state index contributed by atoms with van der Waals surface area (Å²) in [6.45, 7) is 0.198. The minimum Gasteiger partial charge on any atom is -0.360 e. The molecule has 21 heavy (non-hydrogen) atoms. The quantitative estimate of drug-likeness (QED) is 0.803. The lowest BCUT2D eigenvalue weighted by molar-refractivity contribution is -0.129. The highest BCUT2D eigenvalue weighted by Crippen LogP contribution is 2.28. The smallest absolute Gasteiger partial charge is 0.243 e. The van der Waals surface area contributed by atoms with Crippen LogP contribution in [-0.2, 0) is 11.3 Å². The third-order valence-electron chi connectivity index (χ3n) is 3.38. The van der Waals surface area contributed by atoms with E-state index in [-0.39, 0.29) is 18.3 Å². The van der Waals surface area contributed by atoms with Gasteiger partial charge >= 0.3 is 0 Å². The van der Waals surface area contributed by atoms with Crippen LogP contribution in [0, 0.1) is 5.82 Å². The van der Waals surface area contributed by atoms with Crippen molar-refractivity contribution in [1.82, 2.24) is 19.7 Å². The van der Waals surface area contributed by atoms with Crippen molar-refractivity contribution < 1.29 is 9.18 Å². The molecular weight excluding hydrogens is 271 g/mol. The van der Waals surface area contributed by atoms with Crippen molar-refractivity contribution in [2.75, 3.05) is 14.1 Å². The molecule has 0 saturated heterocycles. The largest absolute Gasteiger partial charge is 0.360 e. The van der Waals surface area contributed by atoms with Crippen molar-refractivity contribution in [2.24, 2.45) is 0 Å². The van der Waals surface area contributed by atoms with Gasteiger partial charge in [-0.1, -0.05) is 0 Å². The molecule has 0 bridgehead atoms. The Balaban J connectivity index is 1.93. The van der Waals surface area contributed by atoms with E-state index in [9.17, 15) is 9.18 Å². The minimum absolute atomic E-state index is 0.0225. The van der Waals surface area contributed by atoms with Crippen molar-refractivity contribution in [3.05, 3.63) is 42.6 Å². The highest BCUT2D eigenvalue weighted by molar-refractivity contribution is 5.95. The Labute approximate surface area is 121 Å². The van der Waals surface area contributed by atoms with Crippen molar-refractivity contribution in [2.45, 2.75) is 6.54 Å². The number of likely N-dealkylation sites (N-methyl/N-ethyl adjacent to an activating group) is 1. The maximum Gasteiger partial charge on any atom is 0.243 e. The van der Waals surface area contributed by atoms with E-state index in [1.165, 1.54) is 17.0 Å². The Morgan fingerprint density at radius 3 is 3.00 bits per heavy atom. The number of carbonyl (C=O) groups excluding carboxylic acids is 1. The Bertz CT molecular complexity index is 803. The molecule has 1 aromatic carbocycles. The van der Waals surface area contributed by atoms with E-state index in [0.29, 0.717) is 0 Å². The first-order chi connectivity index (χ1) is 10.0. The average molecular weight is 286 g/mol. The maximum atomic E-state index is 13.2. The van der Waals surface area contributed by atoms with Gasteiger partial charge in [0.2, 0.25) is 5.91 Å². The van der Waals surface area contributed by atoms with E-state index in [0.717, 1.165) is 22.0 Å². The van der Waals surface area contributed by atoms with E-state index >= 15 is 0 Å². The molecule has 0 unspecified atom stereocenters. The number of aromatic amines is 1. The summed E-state index contributed by atoms with van der Waals surface area (Å²) in [6.07, 6.45) is 5.33. The van der Waals surface area contributed by atoms with Gasteiger partial charge in [0.1, 0.15) is 12.4 Å². The summed E-state index contributed by atoms with van der Waals surface area (Å²) < 4.78 is 14.8. The van der Waals surface area contributed by atoms with Gasteiger partial charge in [-0.25, -0.2) is 4.39 Å². The first-order valence-electron chi connectivity index (χ1n) is 6.54. The monoisotopic (exact) mass is 286 g/mol. The van der Waals surface area contributed by atoms with E-state index in [1.54, 1.807) is 31.0 Å². The standard InChI is InChI=1S/C15H15FN4O/c1-19(2)15(21)9-20-8-10(6-18-20)13-7-17-14-5-11(16)3-4-12(13)14/h3-8,17H,9H2,1-2H3. The lowest BCUT2D eigenvalue weighted by atomic mass is 10.1. The molecule has 0 aliphatic rings. The predicted molar refractivity (Wildman–Crippen MR) is 78.2 cm³/mol. The zero-order valence-electron chi connectivity index (χ0n) is 11.8. The molecule has 6 heteroatoms. The van der Waals surface area contributed by atoms with Gasteiger partial charge in [-0.3, -0.25) is 9.48 Å². The summed E-state index contributed by atoms with van der Waals surface area (Å²) in [5, 5.41) is 5.13. The van der Waals surface area contributed by atoms with Gasteiger partial charge in [0.05, 0.1) is 6.20 Å². The molecule has 1 amide bonds. The number of aromatic nitrogens is 3. The topological polar surface area (TPSA) is 53.9 Å². The second-order valence-corrected chi connectivity index (χ2v) is 5.11. The Morgan fingerprint density at radius 2 is 2.24 bits per heavy atom. The molecule has 2 aromatic heterocycles. The fourth-order valence-electron chi connectivity index (χ4n) is 2.21. The summed E-state index contributed by atoms with van der Waals surface area (Å²) in [4.78, 5) is 16.2. The SMILES string of the molecule is CN(C)C(=O)Cn1cc(-c2c[nH]c3cc(F)ccc23)cn1. The summed E-state index contributed by atoms with van der Waals surface area (Å²) >= 11 is 0. The molecule has 0 aliphatic carbocycles. The molecule has 2 heterocycles. The third-order valence-corrected chi connectivity index (χ3v) is 3.38. The molecule has 0 saturated carbocycles. The van der Waals surface area contributed by atoms with Crippen molar-refractivity contribution in [3.8, 4) is 11.1 Å². The van der Waals surface area contributed by atoms with E-state index < -0.39 is 0 Å². The lowest BCUT2D eigenvalue weighted by Crippen LogP contribution is -2.26. The van der Waals surface area contributed by atoms with Gasteiger partial charge in [0.25, 0.3) is 0 Å². The molecule has 0 radical (unpaired) electrons. The van der Waals surface area contributed by atoms with Gasteiger partial charge in [0.15, 0.2) is 0 Å². The Morgan fingerprint density at radius 1 is 1.43 bits per heavy atom. The molecule has 0 aliphatic heterocycles. The van der Waals surface area contributed by atoms with Crippen LogP contribution in [0.3, 0.4) is 0 Å². The molecule has 0 spiro atoms. The Hall–Kier alpha value is -2.63. The van der Waals surface area contributed by atoms with E-state index in [1.807, 2.05) is 12.4 Å². The van der Waals surface area contributed by atoms with Crippen LogP contribution in [0.2, 0.25) is 0 Å². The fourth-order valence-corrected chi connectivity index (χ4v) is 2.21. The maximum absolute atomic E-state index is 13.2. The number of hydrogen-bond acceptors (Lipinski definition) is 2. The van der Waals surface area contributed by atoms with Gasteiger partial charge < -0.3 is 9.88 Å². The van der Waals surface area contributed by atoms with Crippen LogP contribution in [-0.4, -0.2) is 39.7 Å². The molecule has 108 valence electrons. The number of carbonyl (C=O) groups is 1. The van der Waals surface area contributed by atoms with Crippen molar-refractivity contribution >= 4 is 16.8 Å². The number of rotatable bonds is 3. The van der Waals surface area contributed by atoms with Gasteiger partial charge in [0, 0.05) is 48.5 Å². The molecule has 0 atom stereocenters. The highest BCUT2D eigenvalue weighted by Gasteiger charge is 2.11. The summed E-state index contributed by atoms with van der Waals surface area (Å²) in [7, 11) is 3.42. The number of H-pyrrole nitrogens is 1. The van der Waals surface area contributed by atoms with Crippen molar-refractivity contribution in [1.29, 1.82) is 0 Å². The number of benzene rings is 1. The van der Waals surface area contributed by atoms with Gasteiger partial charge in [-0.2, -0.15) is 5.10 Å². The zero-order valence-corrected chi connectivity index (χ0v) is 11.8. The number of fused-ring (bicyclic) bond motifs is 1. The van der Waals surface area contributed by atoms with E-state index in [4.69, 9.17) is 0 Å². The normalized spacial score (nSPS) is 11.0. The average Bonchev–Trinajstić information content (AvgIpc) is 3.04. The molecule has 1 N–H and O–H groups in total. The van der Waals surface area contributed by atoms with Crippen LogP contribution in [0.15, 0.2) is 36.8 Å². The zero-order chi connectivity index (χ0) is 15.0. The minimum atomic E-state index is -0.275. The van der Waals surface area contributed by atoms with Crippen LogP contribution in [0.4, 0.5) is 4.39 Å². The van der Waals surface area contributed by atoms with Crippen LogP contribution in [0.5, 0.6) is 0 Å². The van der Waals surface area contributed by atoms with Crippen LogP contribution in [0.25, 0.3) is 22.0 Å². The molecule has 0 fully saturated rings. The number of nitrogens with zero attached hydrogens (tertiary/aromatic N) is 3. The van der Waals surface area contributed by atoms with Gasteiger partial charge in [-0.05, 0) is 18.2 Å². The molecular formula is C15H15FN4O. The fraction of sp³-hybridized carbons (Fsp3) is 0.200. The number of hydrogen-bond donors (Lipinski definition) is 1. The van der Waals surface area contributed by atoms with E-state index in [2.05, 4.69) is 10.1 Å². The number of halogens is 1. The number of nitrogens with one attached hydrogen (secondary N) is 1.